The number of rotatable bonds is 7. The number of hydrogen-bond acceptors (Lipinski definition) is 3. The van der Waals surface area contributed by atoms with Crippen LogP contribution in [0.1, 0.15) is 30.1 Å². The van der Waals surface area contributed by atoms with E-state index in [4.69, 9.17) is 11.6 Å². The Morgan fingerprint density at radius 3 is 2.79 bits per heavy atom. The van der Waals surface area contributed by atoms with E-state index < -0.39 is 0 Å². The molecule has 0 aliphatic heterocycles. The lowest BCUT2D eigenvalue weighted by molar-refractivity contribution is 0.789. The first kappa shape index (κ1) is 21.2. The predicted molar refractivity (Wildman–Crippen MR) is 115 cm³/mol. The molecule has 1 aromatic heterocycles. The fourth-order valence-electron chi connectivity index (χ4n) is 2.08. The van der Waals surface area contributed by atoms with Gasteiger partial charge in [0.1, 0.15) is 0 Å². The Hall–Kier alpha value is -0.860. The summed E-state index contributed by atoms with van der Waals surface area (Å²) in [5.41, 5.74) is 2.24. The highest BCUT2D eigenvalue weighted by molar-refractivity contribution is 14.0. The molecule has 4 nitrogen and oxygen atoms in total. The van der Waals surface area contributed by atoms with Crippen molar-refractivity contribution in [3.05, 3.63) is 50.9 Å². The average molecular weight is 479 g/mol. The van der Waals surface area contributed by atoms with E-state index in [1.165, 1.54) is 5.01 Å². The summed E-state index contributed by atoms with van der Waals surface area (Å²) in [5.74, 6) is 0.818. The van der Waals surface area contributed by atoms with Gasteiger partial charge in [0.15, 0.2) is 5.96 Å². The van der Waals surface area contributed by atoms with Crippen LogP contribution < -0.4 is 10.6 Å². The molecule has 24 heavy (non-hydrogen) atoms. The first-order valence-electron chi connectivity index (χ1n) is 7.91. The molecule has 0 unspecified atom stereocenters. The van der Waals surface area contributed by atoms with Crippen LogP contribution in [0.3, 0.4) is 0 Å². The minimum absolute atomic E-state index is 0. The van der Waals surface area contributed by atoms with Crippen molar-refractivity contribution in [2.75, 3.05) is 13.1 Å². The van der Waals surface area contributed by atoms with E-state index in [1.807, 2.05) is 24.3 Å². The van der Waals surface area contributed by atoms with Gasteiger partial charge in [0.05, 0.1) is 17.2 Å². The Kier molecular flexibility index (Phi) is 10.3. The molecule has 1 heterocycles. The lowest BCUT2D eigenvalue weighted by atomic mass is 10.2. The number of aryl methyl sites for hydroxylation is 1. The smallest absolute Gasteiger partial charge is 0.191 e. The van der Waals surface area contributed by atoms with Gasteiger partial charge in [0, 0.05) is 29.9 Å². The van der Waals surface area contributed by atoms with Crippen molar-refractivity contribution in [3.8, 4) is 0 Å². The highest BCUT2D eigenvalue weighted by Crippen LogP contribution is 2.11. The second kappa shape index (κ2) is 11.7. The number of nitrogens with zero attached hydrogens (tertiary/aromatic N) is 2. The second-order valence-corrected chi connectivity index (χ2v) is 6.47. The lowest BCUT2D eigenvalue weighted by Crippen LogP contribution is -2.38. The SMILES string of the molecule is CCNC(=NCc1cccc(Cl)c1)NCCc1csc(CC)n1.I. The predicted octanol–water partition coefficient (Wildman–Crippen LogP) is 4.27. The lowest BCUT2D eigenvalue weighted by Gasteiger charge is -2.10. The summed E-state index contributed by atoms with van der Waals surface area (Å²) in [5, 5.41) is 10.7. The molecular formula is C17H24ClIN4S. The van der Waals surface area contributed by atoms with Crippen molar-refractivity contribution in [1.82, 2.24) is 15.6 Å². The van der Waals surface area contributed by atoms with Crippen molar-refractivity contribution < 1.29 is 0 Å². The fourth-order valence-corrected chi connectivity index (χ4v) is 3.07. The number of halogens is 2. The summed E-state index contributed by atoms with van der Waals surface area (Å²) in [7, 11) is 0. The maximum Gasteiger partial charge on any atom is 0.191 e. The maximum absolute atomic E-state index is 6.00. The molecule has 0 bridgehead atoms. The van der Waals surface area contributed by atoms with E-state index in [1.54, 1.807) is 11.3 Å². The molecule has 2 aromatic rings. The van der Waals surface area contributed by atoms with Crippen LogP contribution in [-0.2, 0) is 19.4 Å². The van der Waals surface area contributed by atoms with Crippen molar-refractivity contribution in [1.29, 1.82) is 0 Å². The molecule has 1 aromatic carbocycles. The number of thiazole rings is 1. The van der Waals surface area contributed by atoms with Crippen LogP contribution in [0.2, 0.25) is 5.02 Å². The van der Waals surface area contributed by atoms with Gasteiger partial charge in [-0.15, -0.1) is 35.3 Å². The van der Waals surface area contributed by atoms with Gasteiger partial charge < -0.3 is 10.6 Å². The van der Waals surface area contributed by atoms with Crippen molar-refractivity contribution >= 4 is 52.9 Å². The molecule has 0 spiro atoms. The summed E-state index contributed by atoms with van der Waals surface area (Å²) < 4.78 is 0. The zero-order valence-electron chi connectivity index (χ0n) is 14.0. The summed E-state index contributed by atoms with van der Waals surface area (Å²) in [6, 6.07) is 7.79. The number of nitrogens with one attached hydrogen (secondary N) is 2. The zero-order valence-corrected chi connectivity index (χ0v) is 17.9. The summed E-state index contributed by atoms with van der Waals surface area (Å²) in [6.45, 7) is 6.44. The quantitative estimate of drug-likeness (QED) is 0.355. The monoisotopic (exact) mass is 478 g/mol. The number of hydrogen-bond donors (Lipinski definition) is 2. The maximum atomic E-state index is 6.00. The zero-order chi connectivity index (χ0) is 16.5. The van der Waals surface area contributed by atoms with Gasteiger partial charge in [-0.25, -0.2) is 9.98 Å². The molecule has 0 aliphatic rings. The molecule has 2 rings (SSSR count). The molecule has 0 saturated carbocycles. The van der Waals surface area contributed by atoms with Gasteiger partial charge in [0.2, 0.25) is 0 Å². The number of guanidine groups is 1. The molecule has 0 aliphatic carbocycles. The minimum Gasteiger partial charge on any atom is -0.357 e. The van der Waals surface area contributed by atoms with Crippen LogP contribution in [0, 0.1) is 0 Å². The van der Waals surface area contributed by atoms with E-state index in [0.29, 0.717) is 6.54 Å². The number of benzene rings is 1. The van der Waals surface area contributed by atoms with Gasteiger partial charge in [-0.3, -0.25) is 0 Å². The minimum atomic E-state index is 0. The van der Waals surface area contributed by atoms with Crippen LogP contribution in [0.25, 0.3) is 0 Å². The summed E-state index contributed by atoms with van der Waals surface area (Å²) in [6.07, 6.45) is 1.90. The third-order valence-electron chi connectivity index (χ3n) is 3.23. The Bertz CT molecular complexity index is 645. The molecule has 0 saturated heterocycles. The standard InChI is InChI=1S/C17H23ClN4S.HI/c1-3-16-22-15(12-23-16)8-9-20-17(19-4-2)21-11-13-6-5-7-14(18)10-13;/h5-7,10,12H,3-4,8-9,11H2,1-2H3,(H2,19,20,21);1H. The van der Waals surface area contributed by atoms with Crippen LogP contribution in [-0.4, -0.2) is 24.0 Å². The first-order valence-corrected chi connectivity index (χ1v) is 9.17. The van der Waals surface area contributed by atoms with E-state index in [2.05, 4.69) is 39.8 Å². The van der Waals surface area contributed by atoms with Crippen molar-refractivity contribution in [2.45, 2.75) is 33.2 Å². The van der Waals surface area contributed by atoms with Crippen LogP contribution in [0.15, 0.2) is 34.6 Å². The van der Waals surface area contributed by atoms with E-state index in [-0.39, 0.29) is 24.0 Å². The van der Waals surface area contributed by atoms with E-state index in [0.717, 1.165) is 48.2 Å². The van der Waals surface area contributed by atoms with Gasteiger partial charge in [-0.05, 0) is 31.0 Å². The third kappa shape index (κ3) is 7.36. The Balaban J connectivity index is 0.00000288. The molecule has 132 valence electrons. The third-order valence-corrected chi connectivity index (χ3v) is 4.51. The van der Waals surface area contributed by atoms with Gasteiger partial charge in [-0.2, -0.15) is 0 Å². The van der Waals surface area contributed by atoms with Gasteiger partial charge >= 0.3 is 0 Å². The van der Waals surface area contributed by atoms with E-state index >= 15 is 0 Å². The highest BCUT2D eigenvalue weighted by atomic mass is 127. The molecule has 2 N–H and O–H groups in total. The second-order valence-electron chi connectivity index (χ2n) is 5.09. The fraction of sp³-hybridized carbons (Fsp3) is 0.412. The highest BCUT2D eigenvalue weighted by Gasteiger charge is 2.02. The summed E-state index contributed by atoms with van der Waals surface area (Å²) >= 11 is 7.73. The molecule has 0 amide bonds. The Morgan fingerprint density at radius 1 is 1.29 bits per heavy atom. The number of aliphatic imine (C=N–C) groups is 1. The van der Waals surface area contributed by atoms with Gasteiger partial charge in [-0.1, -0.05) is 30.7 Å². The largest absolute Gasteiger partial charge is 0.357 e. The van der Waals surface area contributed by atoms with Crippen molar-refractivity contribution in [2.24, 2.45) is 4.99 Å². The summed E-state index contributed by atoms with van der Waals surface area (Å²) in [4.78, 5) is 9.17. The Labute approximate surface area is 170 Å². The van der Waals surface area contributed by atoms with Crippen molar-refractivity contribution in [3.63, 3.8) is 0 Å². The first-order chi connectivity index (χ1) is 11.2. The Morgan fingerprint density at radius 2 is 2.12 bits per heavy atom. The van der Waals surface area contributed by atoms with Crippen LogP contribution >= 0.6 is 46.9 Å². The normalized spacial score (nSPS) is 11.0. The molecule has 0 atom stereocenters. The molecule has 0 fully saturated rings. The van der Waals surface area contributed by atoms with Crippen LogP contribution in [0.4, 0.5) is 0 Å². The average Bonchev–Trinajstić information content (AvgIpc) is 3.01. The molecular weight excluding hydrogens is 455 g/mol. The molecule has 7 heteroatoms. The van der Waals surface area contributed by atoms with Crippen LogP contribution in [0.5, 0.6) is 0 Å². The number of aromatic nitrogens is 1. The molecule has 0 radical (unpaired) electrons. The van der Waals surface area contributed by atoms with Gasteiger partial charge in [0.25, 0.3) is 0 Å². The van der Waals surface area contributed by atoms with E-state index in [9.17, 15) is 0 Å². The topological polar surface area (TPSA) is 49.3 Å².